The first-order valence-electron chi connectivity index (χ1n) is 7.46. The van der Waals surface area contributed by atoms with Gasteiger partial charge in [-0.1, -0.05) is 18.2 Å². The molecule has 0 saturated heterocycles. The van der Waals surface area contributed by atoms with Gasteiger partial charge in [-0.25, -0.2) is 0 Å². The summed E-state index contributed by atoms with van der Waals surface area (Å²) in [7, 11) is 0. The molecule has 3 N–H and O–H groups in total. The van der Waals surface area contributed by atoms with Gasteiger partial charge in [0.1, 0.15) is 17.2 Å². The predicted octanol–water partition coefficient (Wildman–Crippen LogP) is 3.27. The van der Waals surface area contributed by atoms with Crippen LogP contribution in [0, 0.1) is 5.92 Å². The molecule has 22 heavy (non-hydrogen) atoms. The van der Waals surface area contributed by atoms with Crippen LogP contribution in [0.3, 0.4) is 0 Å². The second-order valence-electron chi connectivity index (χ2n) is 5.29. The maximum Gasteiger partial charge on any atom is 0.127 e. The first-order chi connectivity index (χ1) is 10.8. The van der Waals surface area contributed by atoms with Crippen molar-refractivity contribution < 1.29 is 9.47 Å². The van der Waals surface area contributed by atoms with Gasteiger partial charge in [0, 0.05) is 12.5 Å². The van der Waals surface area contributed by atoms with Gasteiger partial charge in [0.15, 0.2) is 0 Å². The molecule has 0 bridgehead atoms. The van der Waals surface area contributed by atoms with Crippen molar-refractivity contribution in [1.29, 1.82) is 0 Å². The Bertz CT molecular complexity index is 623. The van der Waals surface area contributed by atoms with Crippen LogP contribution in [0.2, 0.25) is 0 Å². The molecule has 114 valence electrons. The van der Waals surface area contributed by atoms with Gasteiger partial charge in [0.25, 0.3) is 0 Å². The van der Waals surface area contributed by atoms with Crippen molar-refractivity contribution in [3.05, 3.63) is 66.5 Å². The standard InChI is InChI=1S/C18H20N2O2/c19-18-12-14(13-20-18)10-11-21-15-6-8-17(9-7-15)22-16-4-2-1-3-5-16/h1-9,12,14,20H,10-11,13,19H2/t14-/m0/s1. The van der Waals surface area contributed by atoms with Crippen LogP contribution in [0.4, 0.5) is 0 Å². The second kappa shape index (κ2) is 6.89. The number of benzene rings is 2. The number of para-hydroxylation sites is 1. The molecular formula is C18H20N2O2. The number of hydrogen-bond donors (Lipinski definition) is 2. The van der Waals surface area contributed by atoms with E-state index in [4.69, 9.17) is 15.2 Å². The molecule has 0 spiro atoms. The van der Waals surface area contributed by atoms with Gasteiger partial charge in [0.2, 0.25) is 0 Å². The lowest BCUT2D eigenvalue weighted by atomic mass is 10.1. The molecule has 1 atom stereocenters. The van der Waals surface area contributed by atoms with Gasteiger partial charge < -0.3 is 20.5 Å². The highest BCUT2D eigenvalue weighted by Gasteiger charge is 2.12. The maximum atomic E-state index is 5.75. The van der Waals surface area contributed by atoms with E-state index in [9.17, 15) is 0 Å². The topological polar surface area (TPSA) is 56.5 Å². The van der Waals surface area contributed by atoms with Crippen molar-refractivity contribution >= 4 is 0 Å². The molecule has 4 nitrogen and oxygen atoms in total. The van der Waals surface area contributed by atoms with Crippen molar-refractivity contribution in [1.82, 2.24) is 5.32 Å². The monoisotopic (exact) mass is 296 g/mol. The number of nitrogens with one attached hydrogen (secondary N) is 1. The molecule has 0 saturated carbocycles. The van der Waals surface area contributed by atoms with Crippen LogP contribution in [0.5, 0.6) is 17.2 Å². The van der Waals surface area contributed by atoms with Gasteiger partial charge >= 0.3 is 0 Å². The molecule has 1 aliphatic rings. The van der Waals surface area contributed by atoms with Crippen LogP contribution in [-0.4, -0.2) is 13.2 Å². The van der Waals surface area contributed by atoms with Gasteiger partial charge in [-0.3, -0.25) is 0 Å². The van der Waals surface area contributed by atoms with Gasteiger partial charge in [-0.2, -0.15) is 0 Å². The van der Waals surface area contributed by atoms with E-state index in [1.54, 1.807) is 0 Å². The number of rotatable bonds is 6. The first-order valence-corrected chi connectivity index (χ1v) is 7.46. The Hall–Kier alpha value is -2.62. The SMILES string of the molecule is NC1=C[C@H](CCOc2ccc(Oc3ccccc3)cc2)CN1. The lowest BCUT2D eigenvalue weighted by molar-refractivity contribution is 0.293. The summed E-state index contributed by atoms with van der Waals surface area (Å²) in [6.07, 6.45) is 3.01. The molecule has 1 heterocycles. The van der Waals surface area contributed by atoms with Crippen molar-refractivity contribution in [2.24, 2.45) is 11.7 Å². The lowest BCUT2D eigenvalue weighted by Gasteiger charge is -2.10. The summed E-state index contributed by atoms with van der Waals surface area (Å²) in [6.45, 7) is 1.58. The molecule has 4 heteroatoms. The maximum absolute atomic E-state index is 5.75. The molecule has 0 amide bonds. The summed E-state index contributed by atoms with van der Waals surface area (Å²) in [5, 5.41) is 3.12. The third kappa shape index (κ3) is 3.95. The molecule has 2 aromatic rings. The minimum absolute atomic E-state index is 0.459. The molecule has 0 unspecified atom stereocenters. The van der Waals surface area contributed by atoms with Gasteiger partial charge in [0.05, 0.1) is 12.4 Å². The van der Waals surface area contributed by atoms with Gasteiger partial charge in [-0.05, 0) is 48.9 Å². The largest absolute Gasteiger partial charge is 0.494 e. The van der Waals surface area contributed by atoms with E-state index in [0.717, 1.165) is 36.0 Å². The highest BCUT2D eigenvalue weighted by atomic mass is 16.5. The van der Waals surface area contributed by atoms with Crippen LogP contribution < -0.4 is 20.5 Å². The lowest BCUT2D eigenvalue weighted by Crippen LogP contribution is -2.17. The molecule has 3 rings (SSSR count). The number of nitrogens with two attached hydrogens (primary N) is 1. The van der Waals surface area contributed by atoms with Crippen LogP contribution >= 0.6 is 0 Å². The van der Waals surface area contributed by atoms with E-state index in [0.29, 0.717) is 12.5 Å². The fraction of sp³-hybridized carbons (Fsp3) is 0.222. The average molecular weight is 296 g/mol. The molecule has 2 aromatic carbocycles. The van der Waals surface area contributed by atoms with Crippen LogP contribution in [-0.2, 0) is 0 Å². The number of ether oxygens (including phenoxy) is 2. The van der Waals surface area contributed by atoms with E-state index in [2.05, 4.69) is 11.4 Å². The second-order valence-corrected chi connectivity index (χ2v) is 5.29. The summed E-state index contributed by atoms with van der Waals surface area (Å²) in [6, 6.07) is 17.4. The highest BCUT2D eigenvalue weighted by molar-refractivity contribution is 5.35. The van der Waals surface area contributed by atoms with E-state index in [-0.39, 0.29) is 0 Å². The Morgan fingerprint density at radius 1 is 0.955 bits per heavy atom. The molecule has 0 aliphatic carbocycles. The summed E-state index contributed by atoms with van der Waals surface area (Å²) >= 11 is 0. The zero-order chi connectivity index (χ0) is 15.2. The fourth-order valence-corrected chi connectivity index (χ4v) is 2.36. The first kappa shape index (κ1) is 14.3. The molecule has 0 fully saturated rings. The zero-order valence-electron chi connectivity index (χ0n) is 12.4. The normalized spacial score (nSPS) is 16.7. The third-order valence-electron chi connectivity index (χ3n) is 3.54. The molecule has 0 radical (unpaired) electrons. The minimum atomic E-state index is 0.459. The van der Waals surface area contributed by atoms with E-state index in [1.807, 2.05) is 54.6 Å². The average Bonchev–Trinajstić information content (AvgIpc) is 2.96. The van der Waals surface area contributed by atoms with E-state index in [1.165, 1.54) is 0 Å². The van der Waals surface area contributed by atoms with Crippen molar-refractivity contribution in [3.63, 3.8) is 0 Å². The van der Waals surface area contributed by atoms with Crippen LogP contribution in [0.15, 0.2) is 66.5 Å². The minimum Gasteiger partial charge on any atom is -0.494 e. The highest BCUT2D eigenvalue weighted by Crippen LogP contribution is 2.23. The van der Waals surface area contributed by atoms with E-state index < -0.39 is 0 Å². The Morgan fingerprint density at radius 3 is 2.32 bits per heavy atom. The summed E-state index contributed by atoms with van der Waals surface area (Å²) in [5.41, 5.74) is 5.68. The predicted molar refractivity (Wildman–Crippen MR) is 86.8 cm³/mol. The van der Waals surface area contributed by atoms with Crippen LogP contribution in [0.1, 0.15) is 6.42 Å². The van der Waals surface area contributed by atoms with Crippen LogP contribution in [0.25, 0.3) is 0 Å². The summed E-state index contributed by atoms with van der Waals surface area (Å²) < 4.78 is 11.5. The summed E-state index contributed by atoms with van der Waals surface area (Å²) in [5.74, 6) is 3.71. The fourth-order valence-electron chi connectivity index (χ4n) is 2.36. The van der Waals surface area contributed by atoms with Crippen molar-refractivity contribution in [2.75, 3.05) is 13.2 Å². The Morgan fingerprint density at radius 2 is 1.64 bits per heavy atom. The Kier molecular flexibility index (Phi) is 4.49. The molecule has 0 aromatic heterocycles. The molecular weight excluding hydrogens is 276 g/mol. The van der Waals surface area contributed by atoms with Gasteiger partial charge in [-0.15, -0.1) is 0 Å². The zero-order valence-corrected chi connectivity index (χ0v) is 12.4. The van der Waals surface area contributed by atoms with Crippen molar-refractivity contribution in [3.8, 4) is 17.2 Å². The Labute approximate surface area is 130 Å². The van der Waals surface area contributed by atoms with Crippen molar-refractivity contribution in [2.45, 2.75) is 6.42 Å². The molecule has 1 aliphatic heterocycles. The quantitative estimate of drug-likeness (QED) is 0.859. The smallest absolute Gasteiger partial charge is 0.127 e. The number of hydrogen-bond acceptors (Lipinski definition) is 4. The summed E-state index contributed by atoms with van der Waals surface area (Å²) in [4.78, 5) is 0. The van der Waals surface area contributed by atoms with E-state index >= 15 is 0 Å². The third-order valence-corrected chi connectivity index (χ3v) is 3.54. The Balaban J connectivity index is 1.47.